The minimum Gasteiger partial charge on any atom is -0.493 e. The van der Waals surface area contributed by atoms with Gasteiger partial charge in [-0.15, -0.1) is 0 Å². The van der Waals surface area contributed by atoms with Gasteiger partial charge in [0.2, 0.25) is 0 Å². The molecule has 1 aliphatic heterocycles. The van der Waals surface area contributed by atoms with Gasteiger partial charge in [-0.3, -0.25) is 0 Å². The molecule has 140 valence electrons. The van der Waals surface area contributed by atoms with Gasteiger partial charge in [0.25, 0.3) is 0 Å². The molecule has 1 unspecified atom stereocenters. The molecule has 0 amide bonds. The summed E-state index contributed by atoms with van der Waals surface area (Å²) in [6.45, 7) is 2.92. The molecule has 26 heavy (non-hydrogen) atoms. The Kier molecular flexibility index (Phi) is 7.20. The molecular weight excluding hydrogens is 418 g/mol. The fourth-order valence-electron chi connectivity index (χ4n) is 2.98. The van der Waals surface area contributed by atoms with Gasteiger partial charge in [0, 0.05) is 24.7 Å². The number of rotatable bonds is 8. The molecule has 0 spiro atoms. The van der Waals surface area contributed by atoms with E-state index >= 15 is 0 Å². The summed E-state index contributed by atoms with van der Waals surface area (Å²) in [5.41, 5.74) is 2.13. The summed E-state index contributed by atoms with van der Waals surface area (Å²) >= 11 is 9.63. The first kappa shape index (κ1) is 19.5. The van der Waals surface area contributed by atoms with Gasteiger partial charge in [0.05, 0.1) is 17.7 Å². The van der Waals surface area contributed by atoms with Crippen molar-refractivity contribution < 1.29 is 14.2 Å². The Balaban J connectivity index is 1.62. The molecule has 1 saturated heterocycles. The number of hydrogen-bond donors (Lipinski definition) is 1. The molecule has 1 heterocycles. The summed E-state index contributed by atoms with van der Waals surface area (Å²) in [6, 6.07) is 11.7. The Labute approximate surface area is 167 Å². The smallest absolute Gasteiger partial charge is 0.175 e. The van der Waals surface area contributed by atoms with Crippen LogP contribution in [0.5, 0.6) is 11.5 Å². The molecule has 1 fully saturated rings. The zero-order chi connectivity index (χ0) is 18.4. The van der Waals surface area contributed by atoms with E-state index in [1.54, 1.807) is 7.11 Å². The van der Waals surface area contributed by atoms with Crippen molar-refractivity contribution in [3.05, 3.63) is 57.0 Å². The van der Waals surface area contributed by atoms with Crippen LogP contribution in [-0.2, 0) is 17.9 Å². The highest BCUT2D eigenvalue weighted by Gasteiger charge is 2.16. The van der Waals surface area contributed by atoms with E-state index in [1.807, 2.05) is 30.3 Å². The van der Waals surface area contributed by atoms with Crippen LogP contribution in [0.15, 0.2) is 40.9 Å². The average molecular weight is 441 g/mol. The Hall–Kier alpha value is -1.27. The number of nitrogens with one attached hydrogen (secondary N) is 1. The molecule has 2 aromatic rings. The first-order chi connectivity index (χ1) is 12.7. The lowest BCUT2D eigenvalue weighted by Gasteiger charge is -2.16. The maximum absolute atomic E-state index is 6.03. The van der Waals surface area contributed by atoms with Gasteiger partial charge in [-0.1, -0.05) is 23.7 Å². The van der Waals surface area contributed by atoms with Crippen LogP contribution in [0.1, 0.15) is 24.0 Å². The van der Waals surface area contributed by atoms with Crippen molar-refractivity contribution in [1.82, 2.24) is 5.32 Å². The molecule has 0 radical (unpaired) electrons. The number of halogens is 2. The van der Waals surface area contributed by atoms with Gasteiger partial charge in [-0.05, 0) is 64.2 Å². The molecule has 4 nitrogen and oxygen atoms in total. The maximum Gasteiger partial charge on any atom is 0.175 e. The monoisotopic (exact) mass is 439 g/mol. The van der Waals surface area contributed by atoms with Crippen molar-refractivity contribution in [3.63, 3.8) is 0 Å². The molecular formula is C20H23BrClNO3. The third-order valence-corrected chi connectivity index (χ3v) is 5.11. The predicted molar refractivity (Wildman–Crippen MR) is 107 cm³/mol. The molecule has 2 aromatic carbocycles. The molecule has 1 atom stereocenters. The molecule has 0 bridgehead atoms. The van der Waals surface area contributed by atoms with Crippen molar-refractivity contribution in [2.75, 3.05) is 20.3 Å². The third-order valence-electron chi connectivity index (χ3n) is 4.29. The first-order valence-corrected chi connectivity index (χ1v) is 9.89. The van der Waals surface area contributed by atoms with E-state index in [0.29, 0.717) is 29.2 Å². The van der Waals surface area contributed by atoms with Gasteiger partial charge < -0.3 is 19.5 Å². The fraction of sp³-hybridized carbons (Fsp3) is 0.400. The number of benzene rings is 2. The lowest BCUT2D eigenvalue weighted by molar-refractivity contribution is 0.110. The summed E-state index contributed by atoms with van der Waals surface area (Å²) in [7, 11) is 1.65. The summed E-state index contributed by atoms with van der Waals surface area (Å²) in [4.78, 5) is 0. The van der Waals surface area contributed by atoms with Crippen molar-refractivity contribution in [2.24, 2.45) is 0 Å². The van der Waals surface area contributed by atoms with Crippen LogP contribution >= 0.6 is 27.5 Å². The van der Waals surface area contributed by atoms with E-state index in [2.05, 4.69) is 27.3 Å². The second-order valence-electron chi connectivity index (χ2n) is 6.29. The Bertz CT molecular complexity index is 735. The lowest BCUT2D eigenvalue weighted by atomic mass is 10.2. The number of ether oxygens (including phenoxy) is 3. The normalized spacial score (nSPS) is 16.7. The highest BCUT2D eigenvalue weighted by molar-refractivity contribution is 9.10. The van der Waals surface area contributed by atoms with Gasteiger partial charge >= 0.3 is 0 Å². The Morgan fingerprint density at radius 2 is 2.15 bits per heavy atom. The van der Waals surface area contributed by atoms with Crippen molar-refractivity contribution in [3.8, 4) is 11.5 Å². The summed E-state index contributed by atoms with van der Waals surface area (Å²) in [5.74, 6) is 1.39. The van der Waals surface area contributed by atoms with Crippen LogP contribution in [0.25, 0.3) is 0 Å². The van der Waals surface area contributed by atoms with Crippen LogP contribution in [0, 0.1) is 0 Å². The summed E-state index contributed by atoms with van der Waals surface area (Å²) in [5, 5.41) is 4.15. The zero-order valence-corrected chi connectivity index (χ0v) is 17.1. The largest absolute Gasteiger partial charge is 0.493 e. The molecule has 0 aromatic heterocycles. The zero-order valence-electron chi connectivity index (χ0n) is 14.8. The molecule has 6 heteroatoms. The van der Waals surface area contributed by atoms with E-state index in [4.69, 9.17) is 25.8 Å². The molecule has 0 aliphatic carbocycles. The van der Waals surface area contributed by atoms with Gasteiger partial charge in [-0.25, -0.2) is 0 Å². The van der Waals surface area contributed by atoms with Crippen molar-refractivity contribution in [2.45, 2.75) is 32.1 Å². The molecule has 3 rings (SSSR count). The van der Waals surface area contributed by atoms with Crippen molar-refractivity contribution >= 4 is 27.5 Å². The highest BCUT2D eigenvalue weighted by Crippen LogP contribution is 2.37. The molecule has 1 aliphatic rings. The van der Waals surface area contributed by atoms with Crippen LogP contribution in [0.3, 0.4) is 0 Å². The van der Waals surface area contributed by atoms with E-state index in [0.717, 1.165) is 48.1 Å². The van der Waals surface area contributed by atoms with E-state index in [-0.39, 0.29) is 0 Å². The molecule has 0 saturated carbocycles. The standard InChI is InChI=1S/C20H23BrClNO3/c1-24-19-10-15(11-23-12-17-6-3-7-25-17)9-18(21)20(19)26-13-14-4-2-5-16(22)8-14/h2,4-5,8-10,17,23H,3,6-7,11-13H2,1H3. The minimum atomic E-state index is 0.334. The number of hydrogen-bond acceptors (Lipinski definition) is 4. The van der Waals surface area contributed by atoms with E-state index in [1.165, 1.54) is 0 Å². The maximum atomic E-state index is 6.03. The fourth-order valence-corrected chi connectivity index (χ4v) is 3.80. The third kappa shape index (κ3) is 5.36. The quantitative estimate of drug-likeness (QED) is 0.630. The predicted octanol–water partition coefficient (Wildman–Crippen LogP) is 4.96. The van der Waals surface area contributed by atoms with Gasteiger partial charge in [-0.2, -0.15) is 0 Å². The minimum absolute atomic E-state index is 0.334. The Morgan fingerprint density at radius 1 is 1.27 bits per heavy atom. The SMILES string of the molecule is COc1cc(CNCC2CCCO2)cc(Br)c1OCc1cccc(Cl)c1. The molecule has 1 N–H and O–H groups in total. The van der Waals surface area contributed by atoms with E-state index < -0.39 is 0 Å². The second-order valence-corrected chi connectivity index (χ2v) is 7.58. The highest BCUT2D eigenvalue weighted by atomic mass is 79.9. The van der Waals surface area contributed by atoms with Crippen LogP contribution in [0.4, 0.5) is 0 Å². The van der Waals surface area contributed by atoms with Crippen LogP contribution in [-0.4, -0.2) is 26.4 Å². The van der Waals surface area contributed by atoms with E-state index in [9.17, 15) is 0 Å². The van der Waals surface area contributed by atoms with Crippen LogP contribution < -0.4 is 14.8 Å². The van der Waals surface area contributed by atoms with Gasteiger partial charge in [0.15, 0.2) is 11.5 Å². The summed E-state index contributed by atoms with van der Waals surface area (Å²) in [6.07, 6.45) is 2.63. The Morgan fingerprint density at radius 3 is 2.88 bits per heavy atom. The average Bonchev–Trinajstić information content (AvgIpc) is 3.14. The lowest BCUT2D eigenvalue weighted by Crippen LogP contribution is -2.25. The summed E-state index contributed by atoms with van der Waals surface area (Å²) < 4.78 is 18.0. The first-order valence-electron chi connectivity index (χ1n) is 8.71. The van der Waals surface area contributed by atoms with Gasteiger partial charge in [0.1, 0.15) is 6.61 Å². The number of methoxy groups -OCH3 is 1. The second kappa shape index (κ2) is 9.60. The van der Waals surface area contributed by atoms with Crippen molar-refractivity contribution in [1.29, 1.82) is 0 Å². The topological polar surface area (TPSA) is 39.7 Å². The van der Waals surface area contributed by atoms with Crippen LogP contribution in [0.2, 0.25) is 5.02 Å².